The molecular formula is C24H26Cl2N6O2. The molecule has 0 saturated carbocycles. The van der Waals surface area contributed by atoms with Crippen LogP contribution in [0, 0.1) is 0 Å². The lowest BCUT2D eigenvalue weighted by Gasteiger charge is -2.41. The predicted octanol–water partition coefficient (Wildman–Crippen LogP) is 3.87. The number of amides is 1. The molecule has 1 aromatic heterocycles. The van der Waals surface area contributed by atoms with Crippen LogP contribution < -0.4 is 5.69 Å². The number of hydrogen-bond donors (Lipinski definition) is 0. The molecule has 0 spiro atoms. The summed E-state index contributed by atoms with van der Waals surface area (Å²) in [5.74, 6) is 0. The van der Waals surface area contributed by atoms with Crippen molar-refractivity contribution in [1.82, 2.24) is 29.6 Å². The lowest BCUT2D eigenvalue weighted by molar-refractivity contribution is 0.0896. The smallest absolute Gasteiger partial charge is 0.319 e. The Morgan fingerprint density at radius 2 is 1.65 bits per heavy atom. The Morgan fingerprint density at radius 1 is 1.00 bits per heavy atom. The zero-order valence-corrected chi connectivity index (χ0v) is 20.4. The first-order chi connectivity index (χ1) is 16.4. The molecule has 0 aliphatic carbocycles. The van der Waals surface area contributed by atoms with Crippen LogP contribution in [0.4, 0.5) is 4.79 Å². The third-order valence-corrected chi connectivity index (χ3v) is 7.77. The second kappa shape index (κ2) is 9.52. The van der Waals surface area contributed by atoms with Gasteiger partial charge in [-0.3, -0.25) is 0 Å². The normalized spacial score (nSPS) is 22.1. The van der Waals surface area contributed by atoms with Gasteiger partial charge < -0.3 is 9.80 Å². The highest BCUT2D eigenvalue weighted by Crippen LogP contribution is 2.36. The van der Waals surface area contributed by atoms with Gasteiger partial charge in [0.05, 0.1) is 10.0 Å². The van der Waals surface area contributed by atoms with E-state index < -0.39 is 11.7 Å². The van der Waals surface area contributed by atoms with Crippen LogP contribution in [-0.2, 0) is 6.42 Å². The highest BCUT2D eigenvalue weighted by molar-refractivity contribution is 6.37. The molecule has 0 N–H and O–H groups in total. The van der Waals surface area contributed by atoms with Crippen LogP contribution in [0.25, 0.3) is 5.69 Å². The number of halogens is 2. The molecule has 2 atom stereocenters. The van der Waals surface area contributed by atoms with Gasteiger partial charge in [0.15, 0.2) is 0 Å². The van der Waals surface area contributed by atoms with Gasteiger partial charge in [0.1, 0.15) is 5.69 Å². The van der Waals surface area contributed by atoms with Gasteiger partial charge in [-0.1, -0.05) is 59.6 Å². The zero-order valence-electron chi connectivity index (χ0n) is 18.8. The first kappa shape index (κ1) is 23.1. The van der Waals surface area contributed by atoms with Crippen LogP contribution in [0.3, 0.4) is 0 Å². The van der Waals surface area contributed by atoms with Crippen molar-refractivity contribution >= 4 is 29.2 Å². The quantitative estimate of drug-likeness (QED) is 0.497. The highest BCUT2D eigenvalue weighted by atomic mass is 35.5. The predicted molar refractivity (Wildman–Crippen MR) is 131 cm³/mol. The molecule has 178 valence electrons. The molecular weight excluding hydrogens is 475 g/mol. The van der Waals surface area contributed by atoms with Crippen LogP contribution in [0.15, 0.2) is 53.3 Å². The lowest BCUT2D eigenvalue weighted by Crippen LogP contribution is -2.53. The summed E-state index contributed by atoms with van der Waals surface area (Å²) in [6, 6.07) is 15.4. The number of carbonyl (C=O) groups is 1. The number of aromatic nitrogens is 4. The van der Waals surface area contributed by atoms with E-state index in [9.17, 15) is 9.59 Å². The van der Waals surface area contributed by atoms with Gasteiger partial charge in [-0.2, -0.15) is 4.68 Å². The SMILES string of the molecule is CN1C2CCC1CC(N(CCc1ccccc1)C(=O)n1nnn(-c3c(Cl)cccc3Cl)c1=O)C2. The monoisotopic (exact) mass is 500 g/mol. The second-order valence-electron chi connectivity index (χ2n) is 9.04. The van der Waals surface area contributed by atoms with E-state index in [0.29, 0.717) is 25.0 Å². The summed E-state index contributed by atoms with van der Waals surface area (Å²) in [6.07, 6.45) is 4.73. The summed E-state index contributed by atoms with van der Waals surface area (Å²) in [5.41, 5.74) is 0.652. The number of carbonyl (C=O) groups excluding carboxylic acids is 1. The number of nitrogens with zero attached hydrogens (tertiary/aromatic N) is 6. The maximum absolute atomic E-state index is 13.7. The van der Waals surface area contributed by atoms with E-state index in [2.05, 4.69) is 22.4 Å². The average molecular weight is 501 g/mol. The van der Waals surface area contributed by atoms with Crippen LogP contribution in [0.5, 0.6) is 0 Å². The minimum atomic E-state index is -0.694. The first-order valence-corrected chi connectivity index (χ1v) is 12.3. The molecule has 3 aromatic rings. The van der Waals surface area contributed by atoms with Crippen molar-refractivity contribution in [3.63, 3.8) is 0 Å². The molecule has 3 heterocycles. The van der Waals surface area contributed by atoms with E-state index in [0.717, 1.165) is 40.6 Å². The van der Waals surface area contributed by atoms with Gasteiger partial charge in [0.25, 0.3) is 0 Å². The highest BCUT2D eigenvalue weighted by Gasteiger charge is 2.42. The number of fused-ring (bicyclic) bond motifs is 2. The largest absolute Gasteiger partial charge is 0.377 e. The van der Waals surface area contributed by atoms with Crippen molar-refractivity contribution in [2.24, 2.45) is 0 Å². The number of tetrazole rings is 1. The van der Waals surface area contributed by atoms with Crippen molar-refractivity contribution in [2.45, 2.75) is 50.2 Å². The molecule has 2 aliphatic heterocycles. The molecule has 2 fully saturated rings. The van der Waals surface area contributed by atoms with Crippen molar-refractivity contribution in [1.29, 1.82) is 0 Å². The number of para-hydroxylation sites is 1. The molecule has 1 amide bonds. The number of hydrogen-bond acceptors (Lipinski definition) is 5. The number of benzene rings is 2. The Balaban J connectivity index is 1.46. The van der Waals surface area contributed by atoms with Crippen molar-refractivity contribution in [2.75, 3.05) is 13.6 Å². The summed E-state index contributed by atoms with van der Waals surface area (Å²) in [5, 5.41) is 8.34. The van der Waals surface area contributed by atoms with Crippen LogP contribution >= 0.6 is 23.2 Å². The fourth-order valence-corrected chi connectivity index (χ4v) is 5.84. The van der Waals surface area contributed by atoms with Crippen LogP contribution in [-0.4, -0.2) is 67.3 Å². The van der Waals surface area contributed by atoms with E-state index >= 15 is 0 Å². The Morgan fingerprint density at radius 3 is 2.29 bits per heavy atom. The molecule has 0 radical (unpaired) electrons. The maximum atomic E-state index is 13.7. The average Bonchev–Trinajstić information content (AvgIpc) is 3.27. The number of rotatable bonds is 5. The van der Waals surface area contributed by atoms with Gasteiger partial charge in [0, 0.05) is 24.7 Å². The Labute approximate surface area is 207 Å². The molecule has 2 bridgehead atoms. The third-order valence-electron chi connectivity index (χ3n) is 7.16. The van der Waals surface area contributed by atoms with E-state index in [1.165, 1.54) is 0 Å². The van der Waals surface area contributed by atoms with E-state index in [1.54, 1.807) is 23.1 Å². The minimum Gasteiger partial charge on any atom is -0.319 e. The van der Waals surface area contributed by atoms with Gasteiger partial charge >= 0.3 is 11.7 Å². The topological polar surface area (TPSA) is 76.3 Å². The van der Waals surface area contributed by atoms with Gasteiger partial charge in [0.2, 0.25) is 0 Å². The second-order valence-corrected chi connectivity index (χ2v) is 9.86. The van der Waals surface area contributed by atoms with Crippen LogP contribution in [0.1, 0.15) is 31.2 Å². The van der Waals surface area contributed by atoms with Gasteiger partial charge in [-0.25, -0.2) is 9.59 Å². The summed E-state index contributed by atoms with van der Waals surface area (Å²) in [4.78, 5) is 31.1. The Kier molecular flexibility index (Phi) is 6.46. The van der Waals surface area contributed by atoms with Crippen molar-refractivity contribution < 1.29 is 4.79 Å². The first-order valence-electron chi connectivity index (χ1n) is 11.5. The van der Waals surface area contributed by atoms with Gasteiger partial charge in [-0.05, 0) is 67.3 Å². The molecule has 2 saturated heterocycles. The molecule has 34 heavy (non-hydrogen) atoms. The van der Waals surface area contributed by atoms with Gasteiger partial charge in [-0.15, -0.1) is 4.68 Å². The molecule has 2 aromatic carbocycles. The van der Waals surface area contributed by atoms with E-state index in [4.69, 9.17) is 23.2 Å². The third kappa shape index (κ3) is 4.26. The summed E-state index contributed by atoms with van der Waals surface area (Å²) in [6.45, 7) is 0.489. The van der Waals surface area contributed by atoms with Crippen molar-refractivity contribution in [3.8, 4) is 5.69 Å². The van der Waals surface area contributed by atoms with Crippen molar-refractivity contribution in [3.05, 3.63) is 74.6 Å². The van der Waals surface area contributed by atoms with E-state index in [1.807, 2.05) is 30.3 Å². The lowest BCUT2D eigenvalue weighted by atomic mass is 9.96. The molecule has 2 aliphatic rings. The fourth-order valence-electron chi connectivity index (χ4n) is 5.29. The molecule has 8 nitrogen and oxygen atoms in total. The standard InChI is InChI=1S/C24H26Cl2N6O2/c1-29-17-10-11-18(29)15-19(14-17)30(13-12-16-6-3-2-4-7-16)23(33)32-24(34)31(27-28-32)22-20(25)8-5-9-21(22)26/h2-9,17-19H,10-15H2,1H3. The number of piperidine rings is 1. The molecule has 2 unspecified atom stereocenters. The van der Waals surface area contributed by atoms with E-state index in [-0.39, 0.29) is 21.8 Å². The Hall–Kier alpha value is -2.68. The minimum absolute atomic E-state index is 0.0332. The summed E-state index contributed by atoms with van der Waals surface area (Å²) < 4.78 is 1.81. The molecule has 5 rings (SSSR count). The Bertz CT molecular complexity index is 1210. The summed E-state index contributed by atoms with van der Waals surface area (Å²) >= 11 is 12.5. The van der Waals surface area contributed by atoms with Crippen LogP contribution in [0.2, 0.25) is 10.0 Å². The zero-order chi connectivity index (χ0) is 23.8. The maximum Gasteiger partial charge on any atom is 0.377 e. The molecule has 10 heteroatoms. The fraction of sp³-hybridized carbons (Fsp3) is 0.417. The summed E-state index contributed by atoms with van der Waals surface area (Å²) in [7, 11) is 2.16.